The summed E-state index contributed by atoms with van der Waals surface area (Å²) in [4.78, 5) is 9.06. The fraction of sp³-hybridized carbons (Fsp3) is 0.111. The van der Waals surface area contributed by atoms with Gasteiger partial charge in [-0.2, -0.15) is 0 Å². The number of benzene rings is 2. The molecule has 0 spiro atoms. The molecule has 0 aliphatic carbocycles. The molecule has 1 heterocycles. The van der Waals surface area contributed by atoms with Gasteiger partial charge in [0.05, 0.1) is 0 Å². The lowest BCUT2D eigenvalue weighted by atomic mass is 10.2. The fourth-order valence-corrected chi connectivity index (χ4v) is 3.15. The lowest BCUT2D eigenvalue weighted by molar-refractivity contribution is 0.626. The summed E-state index contributed by atoms with van der Waals surface area (Å²) >= 11 is 7.48. The van der Waals surface area contributed by atoms with Crippen LogP contribution in [-0.2, 0) is 5.75 Å². The van der Waals surface area contributed by atoms with Crippen molar-refractivity contribution in [3.05, 3.63) is 76.7 Å². The summed E-state index contributed by atoms with van der Waals surface area (Å²) in [5, 5.41) is 1.55. The second-order valence-corrected chi connectivity index (χ2v) is 6.53. The smallest absolute Gasteiger partial charge is 0.160 e. The van der Waals surface area contributed by atoms with Crippen LogP contribution in [0.1, 0.15) is 11.3 Å². The molecule has 3 aromatic rings. The van der Waals surface area contributed by atoms with Crippen LogP contribution in [0.15, 0.2) is 59.6 Å². The van der Waals surface area contributed by atoms with Gasteiger partial charge in [0.2, 0.25) is 0 Å². The first-order valence-corrected chi connectivity index (χ1v) is 8.45. The average Bonchev–Trinajstić information content (AvgIpc) is 2.53. The highest BCUT2D eigenvalue weighted by molar-refractivity contribution is 7.98. The molecule has 0 aliphatic rings. The van der Waals surface area contributed by atoms with Crippen molar-refractivity contribution in [2.24, 2.45) is 0 Å². The molecule has 0 bridgehead atoms. The first-order valence-electron chi connectivity index (χ1n) is 7.09. The minimum Gasteiger partial charge on any atom is -0.233 e. The molecule has 23 heavy (non-hydrogen) atoms. The zero-order valence-corrected chi connectivity index (χ0v) is 14.0. The van der Waals surface area contributed by atoms with E-state index in [0.29, 0.717) is 16.6 Å². The second kappa shape index (κ2) is 7.11. The van der Waals surface area contributed by atoms with E-state index in [-0.39, 0.29) is 5.82 Å². The van der Waals surface area contributed by atoms with Crippen molar-refractivity contribution in [2.45, 2.75) is 17.7 Å². The summed E-state index contributed by atoms with van der Waals surface area (Å²) in [6, 6.07) is 16.0. The number of nitrogens with zero attached hydrogens (tertiary/aromatic N) is 2. The van der Waals surface area contributed by atoms with Gasteiger partial charge in [-0.05, 0) is 55.0 Å². The van der Waals surface area contributed by atoms with Crippen molar-refractivity contribution in [3.63, 3.8) is 0 Å². The maximum atomic E-state index is 13.2. The maximum absolute atomic E-state index is 13.2. The minimum atomic E-state index is -0.219. The molecule has 0 radical (unpaired) electrons. The third-order valence-electron chi connectivity index (χ3n) is 3.21. The van der Waals surface area contributed by atoms with Gasteiger partial charge in [0.1, 0.15) is 10.8 Å². The van der Waals surface area contributed by atoms with Gasteiger partial charge in [0.15, 0.2) is 5.82 Å². The van der Waals surface area contributed by atoms with Gasteiger partial charge in [-0.15, -0.1) is 11.8 Å². The molecule has 116 valence electrons. The van der Waals surface area contributed by atoms with E-state index in [1.165, 1.54) is 6.07 Å². The minimum absolute atomic E-state index is 0.219. The van der Waals surface area contributed by atoms with E-state index in [1.54, 1.807) is 23.9 Å². The standard InChI is InChI=1S/C18H14ClFN2S/c1-12-9-17(23-11-13-3-2-4-16(20)10-13)22-18(21-12)14-5-7-15(19)8-6-14/h2-10H,11H2,1H3. The lowest BCUT2D eigenvalue weighted by Gasteiger charge is -2.06. The van der Waals surface area contributed by atoms with Gasteiger partial charge in [-0.1, -0.05) is 23.7 Å². The van der Waals surface area contributed by atoms with Gasteiger partial charge in [-0.3, -0.25) is 0 Å². The number of aromatic nitrogens is 2. The van der Waals surface area contributed by atoms with E-state index >= 15 is 0 Å². The monoisotopic (exact) mass is 344 g/mol. The van der Waals surface area contributed by atoms with Crippen molar-refractivity contribution >= 4 is 23.4 Å². The first-order chi connectivity index (χ1) is 11.1. The molecule has 0 amide bonds. The lowest BCUT2D eigenvalue weighted by Crippen LogP contribution is -1.94. The van der Waals surface area contributed by atoms with E-state index < -0.39 is 0 Å². The van der Waals surface area contributed by atoms with E-state index in [2.05, 4.69) is 9.97 Å². The van der Waals surface area contributed by atoms with E-state index in [4.69, 9.17) is 11.6 Å². The number of aryl methyl sites for hydroxylation is 1. The van der Waals surface area contributed by atoms with Gasteiger partial charge in [0, 0.05) is 22.0 Å². The van der Waals surface area contributed by atoms with Crippen LogP contribution >= 0.6 is 23.4 Å². The zero-order valence-electron chi connectivity index (χ0n) is 12.5. The van der Waals surface area contributed by atoms with Crippen molar-refractivity contribution in [1.82, 2.24) is 9.97 Å². The highest BCUT2D eigenvalue weighted by atomic mass is 35.5. The molecule has 0 saturated carbocycles. The zero-order chi connectivity index (χ0) is 16.2. The Morgan fingerprint density at radius 1 is 1.04 bits per heavy atom. The quantitative estimate of drug-likeness (QED) is 0.459. The summed E-state index contributed by atoms with van der Waals surface area (Å²) in [6.07, 6.45) is 0. The Labute approximate surface area is 143 Å². The molecule has 0 fully saturated rings. The molecule has 0 saturated heterocycles. The molecule has 0 unspecified atom stereocenters. The van der Waals surface area contributed by atoms with Crippen LogP contribution in [-0.4, -0.2) is 9.97 Å². The molecular formula is C18H14ClFN2S. The van der Waals surface area contributed by atoms with Gasteiger partial charge in [-0.25, -0.2) is 14.4 Å². The van der Waals surface area contributed by atoms with Crippen LogP contribution in [0.5, 0.6) is 0 Å². The molecular weight excluding hydrogens is 331 g/mol. The van der Waals surface area contributed by atoms with Crippen LogP contribution in [0.25, 0.3) is 11.4 Å². The predicted octanol–water partition coefficient (Wildman–Crippen LogP) is 5.54. The van der Waals surface area contributed by atoms with Crippen LogP contribution in [0.2, 0.25) is 5.02 Å². The Morgan fingerprint density at radius 3 is 2.57 bits per heavy atom. The number of hydrogen-bond acceptors (Lipinski definition) is 3. The molecule has 0 N–H and O–H groups in total. The third kappa shape index (κ3) is 4.30. The highest BCUT2D eigenvalue weighted by Gasteiger charge is 2.06. The molecule has 2 aromatic carbocycles. The highest BCUT2D eigenvalue weighted by Crippen LogP contribution is 2.25. The number of halogens is 2. The van der Waals surface area contributed by atoms with Gasteiger partial charge >= 0.3 is 0 Å². The molecule has 1 aromatic heterocycles. The summed E-state index contributed by atoms with van der Waals surface area (Å²) < 4.78 is 13.2. The molecule has 3 rings (SSSR count). The molecule has 5 heteroatoms. The second-order valence-electron chi connectivity index (χ2n) is 5.10. The largest absolute Gasteiger partial charge is 0.233 e. The topological polar surface area (TPSA) is 25.8 Å². The Hall–Kier alpha value is -1.91. The van der Waals surface area contributed by atoms with Gasteiger partial charge in [0.25, 0.3) is 0 Å². The maximum Gasteiger partial charge on any atom is 0.160 e. The number of thioether (sulfide) groups is 1. The summed E-state index contributed by atoms with van der Waals surface area (Å²) in [5.74, 6) is 1.11. The predicted molar refractivity (Wildman–Crippen MR) is 93.2 cm³/mol. The Balaban J connectivity index is 1.81. The van der Waals surface area contributed by atoms with E-state index in [0.717, 1.165) is 21.8 Å². The Kier molecular flexibility index (Phi) is 4.94. The van der Waals surface area contributed by atoms with Crippen molar-refractivity contribution in [3.8, 4) is 11.4 Å². The van der Waals surface area contributed by atoms with Crippen LogP contribution in [0, 0.1) is 12.7 Å². The van der Waals surface area contributed by atoms with Crippen molar-refractivity contribution < 1.29 is 4.39 Å². The van der Waals surface area contributed by atoms with Gasteiger partial charge < -0.3 is 0 Å². The van der Waals surface area contributed by atoms with E-state index in [1.807, 2.05) is 43.3 Å². The van der Waals surface area contributed by atoms with Crippen LogP contribution in [0.3, 0.4) is 0 Å². The third-order valence-corrected chi connectivity index (χ3v) is 4.44. The number of hydrogen-bond donors (Lipinski definition) is 0. The Morgan fingerprint density at radius 2 is 1.83 bits per heavy atom. The summed E-state index contributed by atoms with van der Waals surface area (Å²) in [5.41, 5.74) is 2.75. The molecule has 2 nitrogen and oxygen atoms in total. The molecule has 0 atom stereocenters. The van der Waals surface area contributed by atoms with Crippen molar-refractivity contribution in [2.75, 3.05) is 0 Å². The number of rotatable bonds is 4. The van der Waals surface area contributed by atoms with E-state index in [9.17, 15) is 4.39 Å². The summed E-state index contributed by atoms with van der Waals surface area (Å²) in [7, 11) is 0. The Bertz CT molecular complexity index is 822. The average molecular weight is 345 g/mol. The normalized spacial score (nSPS) is 10.7. The SMILES string of the molecule is Cc1cc(SCc2cccc(F)c2)nc(-c2ccc(Cl)cc2)n1. The van der Waals surface area contributed by atoms with Crippen LogP contribution in [0.4, 0.5) is 4.39 Å². The van der Waals surface area contributed by atoms with Crippen LogP contribution < -0.4 is 0 Å². The first kappa shape index (κ1) is 16.0. The summed E-state index contributed by atoms with van der Waals surface area (Å²) in [6.45, 7) is 1.94. The molecule has 0 aliphatic heterocycles. The van der Waals surface area contributed by atoms with Crippen molar-refractivity contribution in [1.29, 1.82) is 0 Å². The fourth-order valence-electron chi connectivity index (χ4n) is 2.13.